The molecule has 0 aromatic carbocycles. The standard InChI is InChI=1S/C11H19NO2/c1-11(14)5-2-6-12(8-11)7-10(13)9-3-4-9/h9,14H,2-8H2,1H3. The van der Waals surface area contributed by atoms with Crippen LogP contribution in [0.5, 0.6) is 0 Å². The summed E-state index contributed by atoms with van der Waals surface area (Å²) >= 11 is 0. The van der Waals surface area contributed by atoms with E-state index in [2.05, 4.69) is 4.90 Å². The summed E-state index contributed by atoms with van der Waals surface area (Å²) in [5.74, 6) is 0.726. The number of ketones is 1. The predicted octanol–water partition coefficient (Wildman–Crippen LogP) is 0.812. The number of carbonyl (C=O) groups is 1. The maximum Gasteiger partial charge on any atom is 0.149 e. The van der Waals surface area contributed by atoms with Gasteiger partial charge in [0.1, 0.15) is 5.78 Å². The lowest BCUT2D eigenvalue weighted by molar-refractivity contribution is -0.122. The second kappa shape index (κ2) is 3.63. The average molecular weight is 197 g/mol. The molecule has 0 bridgehead atoms. The molecule has 2 fully saturated rings. The van der Waals surface area contributed by atoms with Crippen molar-refractivity contribution < 1.29 is 9.90 Å². The molecule has 1 unspecified atom stereocenters. The Balaban J connectivity index is 1.82. The monoisotopic (exact) mass is 197 g/mol. The van der Waals surface area contributed by atoms with Gasteiger partial charge < -0.3 is 5.11 Å². The van der Waals surface area contributed by atoms with Crippen LogP contribution in [0.15, 0.2) is 0 Å². The smallest absolute Gasteiger partial charge is 0.149 e. The highest BCUT2D eigenvalue weighted by atomic mass is 16.3. The number of likely N-dealkylation sites (tertiary alicyclic amines) is 1. The number of β-amino-alcohol motifs (C(OH)–C–C–N with tert-alkyl or cyclic N) is 1. The maximum atomic E-state index is 11.6. The number of Topliss-reactive ketones (excluding diaryl/α,β-unsaturated/α-hetero) is 1. The van der Waals surface area contributed by atoms with Gasteiger partial charge in [-0.25, -0.2) is 0 Å². The summed E-state index contributed by atoms with van der Waals surface area (Å²) in [4.78, 5) is 13.7. The van der Waals surface area contributed by atoms with E-state index in [1.807, 2.05) is 6.92 Å². The lowest BCUT2D eigenvalue weighted by atomic mass is 9.95. The highest BCUT2D eigenvalue weighted by Crippen LogP contribution is 2.30. The van der Waals surface area contributed by atoms with Crippen molar-refractivity contribution >= 4 is 5.78 Å². The van der Waals surface area contributed by atoms with Gasteiger partial charge >= 0.3 is 0 Å². The van der Waals surface area contributed by atoms with Crippen LogP contribution < -0.4 is 0 Å². The second-order valence-corrected chi connectivity index (χ2v) is 5.05. The van der Waals surface area contributed by atoms with Crippen LogP contribution in [0.3, 0.4) is 0 Å². The zero-order valence-electron chi connectivity index (χ0n) is 8.83. The summed E-state index contributed by atoms with van der Waals surface area (Å²) in [6.07, 6.45) is 4.04. The van der Waals surface area contributed by atoms with Crippen molar-refractivity contribution in [2.75, 3.05) is 19.6 Å². The number of hydrogen-bond acceptors (Lipinski definition) is 3. The highest BCUT2D eigenvalue weighted by molar-refractivity contribution is 5.85. The zero-order chi connectivity index (χ0) is 10.2. The number of rotatable bonds is 3. The van der Waals surface area contributed by atoms with E-state index in [0.717, 1.165) is 32.2 Å². The van der Waals surface area contributed by atoms with Crippen LogP contribution in [0.4, 0.5) is 0 Å². The molecule has 1 heterocycles. The fraction of sp³-hybridized carbons (Fsp3) is 0.909. The third-order valence-corrected chi connectivity index (χ3v) is 3.17. The number of piperidine rings is 1. The van der Waals surface area contributed by atoms with E-state index in [1.165, 1.54) is 0 Å². The van der Waals surface area contributed by atoms with Crippen molar-refractivity contribution in [2.45, 2.75) is 38.2 Å². The largest absolute Gasteiger partial charge is 0.389 e. The molecule has 0 radical (unpaired) electrons. The molecule has 1 aliphatic heterocycles. The summed E-state index contributed by atoms with van der Waals surface area (Å²) < 4.78 is 0. The molecular formula is C11H19NO2. The van der Waals surface area contributed by atoms with Gasteiger partial charge in [0.25, 0.3) is 0 Å². The van der Waals surface area contributed by atoms with E-state index < -0.39 is 5.60 Å². The molecule has 0 aromatic heterocycles. The topological polar surface area (TPSA) is 40.5 Å². The maximum absolute atomic E-state index is 11.6. The van der Waals surface area contributed by atoms with Gasteiger partial charge in [-0.1, -0.05) is 0 Å². The Morgan fingerprint density at radius 2 is 2.29 bits per heavy atom. The fourth-order valence-electron chi connectivity index (χ4n) is 2.21. The minimum atomic E-state index is -0.581. The molecule has 1 saturated carbocycles. The van der Waals surface area contributed by atoms with Crippen molar-refractivity contribution in [3.05, 3.63) is 0 Å². The molecule has 1 atom stereocenters. The third-order valence-electron chi connectivity index (χ3n) is 3.17. The van der Waals surface area contributed by atoms with Crippen molar-refractivity contribution in [2.24, 2.45) is 5.92 Å². The second-order valence-electron chi connectivity index (χ2n) is 5.05. The van der Waals surface area contributed by atoms with Crippen LogP contribution in [-0.4, -0.2) is 41.0 Å². The first-order chi connectivity index (χ1) is 6.57. The van der Waals surface area contributed by atoms with E-state index in [4.69, 9.17) is 0 Å². The quantitative estimate of drug-likeness (QED) is 0.728. The Morgan fingerprint density at radius 1 is 1.57 bits per heavy atom. The first-order valence-electron chi connectivity index (χ1n) is 5.54. The molecular weight excluding hydrogens is 178 g/mol. The summed E-state index contributed by atoms with van der Waals surface area (Å²) in [5.41, 5.74) is -0.581. The Labute approximate surface area is 85.1 Å². The van der Waals surface area contributed by atoms with Gasteiger partial charge in [-0.15, -0.1) is 0 Å². The lowest BCUT2D eigenvalue weighted by Crippen LogP contribution is -2.47. The molecule has 3 heteroatoms. The minimum Gasteiger partial charge on any atom is -0.389 e. The number of hydrogen-bond donors (Lipinski definition) is 1. The number of aliphatic hydroxyl groups is 1. The van der Waals surface area contributed by atoms with E-state index in [0.29, 0.717) is 24.8 Å². The normalized spacial score (nSPS) is 34.4. The molecule has 2 rings (SSSR count). The number of carbonyl (C=O) groups excluding carboxylic acids is 1. The average Bonchev–Trinajstić information content (AvgIpc) is 2.83. The van der Waals surface area contributed by atoms with E-state index in [1.54, 1.807) is 0 Å². The molecule has 0 amide bonds. The summed E-state index contributed by atoms with van der Waals surface area (Å²) in [5, 5.41) is 9.86. The van der Waals surface area contributed by atoms with Crippen molar-refractivity contribution in [1.29, 1.82) is 0 Å². The highest BCUT2D eigenvalue weighted by Gasteiger charge is 2.33. The van der Waals surface area contributed by atoms with E-state index in [9.17, 15) is 9.90 Å². The van der Waals surface area contributed by atoms with Crippen molar-refractivity contribution in [3.63, 3.8) is 0 Å². The minimum absolute atomic E-state index is 0.349. The van der Waals surface area contributed by atoms with Gasteiger partial charge in [-0.3, -0.25) is 9.69 Å². The summed E-state index contributed by atoms with van der Waals surface area (Å²) in [7, 11) is 0. The van der Waals surface area contributed by atoms with Crippen molar-refractivity contribution in [1.82, 2.24) is 4.90 Å². The molecule has 80 valence electrons. The molecule has 0 spiro atoms. The molecule has 14 heavy (non-hydrogen) atoms. The van der Waals surface area contributed by atoms with Gasteiger partial charge in [-0.2, -0.15) is 0 Å². The SMILES string of the molecule is CC1(O)CCCN(CC(=O)C2CC2)C1. The van der Waals surface area contributed by atoms with E-state index in [-0.39, 0.29) is 0 Å². The van der Waals surface area contributed by atoms with Crippen molar-refractivity contribution in [3.8, 4) is 0 Å². The van der Waals surface area contributed by atoms with Crippen LogP contribution in [0.25, 0.3) is 0 Å². The Kier molecular flexibility index (Phi) is 2.62. The van der Waals surface area contributed by atoms with Crippen LogP contribution in [-0.2, 0) is 4.79 Å². The molecule has 3 nitrogen and oxygen atoms in total. The van der Waals surface area contributed by atoms with Crippen LogP contribution in [0.1, 0.15) is 32.6 Å². The van der Waals surface area contributed by atoms with Gasteiger partial charge in [0.15, 0.2) is 0 Å². The molecule has 1 aliphatic carbocycles. The van der Waals surface area contributed by atoms with Gasteiger partial charge in [-0.05, 0) is 39.2 Å². The number of nitrogens with zero attached hydrogens (tertiary/aromatic N) is 1. The fourth-order valence-corrected chi connectivity index (χ4v) is 2.21. The third kappa shape index (κ3) is 2.55. The van der Waals surface area contributed by atoms with Gasteiger partial charge in [0.05, 0.1) is 12.1 Å². The Hall–Kier alpha value is -0.410. The first-order valence-corrected chi connectivity index (χ1v) is 5.54. The zero-order valence-corrected chi connectivity index (χ0v) is 8.83. The molecule has 1 N–H and O–H groups in total. The molecule has 0 aromatic rings. The Morgan fingerprint density at radius 3 is 2.86 bits per heavy atom. The van der Waals surface area contributed by atoms with Crippen LogP contribution in [0, 0.1) is 5.92 Å². The van der Waals surface area contributed by atoms with Gasteiger partial charge in [0.2, 0.25) is 0 Å². The molecule has 2 aliphatic rings. The first kappa shape index (κ1) is 10.1. The van der Waals surface area contributed by atoms with Crippen LogP contribution in [0.2, 0.25) is 0 Å². The van der Waals surface area contributed by atoms with Gasteiger partial charge in [0, 0.05) is 12.5 Å². The molecule has 1 saturated heterocycles. The summed E-state index contributed by atoms with van der Waals surface area (Å²) in [6, 6.07) is 0. The summed E-state index contributed by atoms with van der Waals surface area (Å²) in [6.45, 7) is 4.04. The lowest BCUT2D eigenvalue weighted by Gasteiger charge is -2.36. The Bertz CT molecular complexity index is 233. The van der Waals surface area contributed by atoms with Crippen LogP contribution >= 0.6 is 0 Å². The predicted molar refractivity (Wildman–Crippen MR) is 54.0 cm³/mol. The van der Waals surface area contributed by atoms with E-state index >= 15 is 0 Å².